The smallest absolute Gasteiger partial charge is 0.299 e. The molecule has 182 valence electrons. The Labute approximate surface area is 214 Å². The number of amides is 2. The molecule has 3 aliphatic rings. The molecule has 1 N–H and O–H groups in total. The molecule has 4 heterocycles. The zero-order chi connectivity index (χ0) is 26.0. The third-order valence-electron chi connectivity index (χ3n) is 6.67. The van der Waals surface area contributed by atoms with Gasteiger partial charge in [-0.15, -0.1) is 0 Å². The standard InChI is InChI=1S/C28H23N7O2/c1-3-5-25(36)34-14-4-6-22(34)26-23-18-30-13-15-35(23,2)27(33-26)20-7-9-21(10-8-20)28(37)32-24-16-19(17-29)11-12-31-24/h7-13,15-16,18,22H,4,6,14H2,1-2H3/p+1. The van der Waals surface area contributed by atoms with Crippen LogP contribution in [0.3, 0.4) is 0 Å². The predicted molar refractivity (Wildman–Crippen MR) is 139 cm³/mol. The number of carbonyl (C=O) groups excluding carboxylic acids is 2. The lowest BCUT2D eigenvalue weighted by atomic mass is 10.1. The van der Waals surface area contributed by atoms with Crippen LogP contribution < -0.4 is 5.32 Å². The van der Waals surface area contributed by atoms with E-state index >= 15 is 0 Å². The monoisotopic (exact) mass is 490 g/mol. The van der Waals surface area contributed by atoms with Gasteiger partial charge in [-0.25, -0.2) is 9.47 Å². The topological polar surface area (TPSA) is 111 Å². The number of likely N-dealkylation sites (tertiary alicyclic amines) is 1. The molecule has 1 aromatic heterocycles. The number of amidine groups is 1. The number of nitrogens with one attached hydrogen (secondary N) is 1. The summed E-state index contributed by atoms with van der Waals surface area (Å²) in [7, 11) is 2.03. The number of nitrogens with zero attached hydrogens (tertiary/aromatic N) is 6. The van der Waals surface area contributed by atoms with Crippen LogP contribution in [-0.4, -0.2) is 57.9 Å². The number of aliphatic imine (C=N–C) groups is 2. The fourth-order valence-electron chi connectivity index (χ4n) is 4.83. The average molecular weight is 491 g/mol. The van der Waals surface area contributed by atoms with Gasteiger partial charge >= 0.3 is 0 Å². The van der Waals surface area contributed by atoms with Crippen molar-refractivity contribution in [1.29, 1.82) is 5.26 Å². The summed E-state index contributed by atoms with van der Waals surface area (Å²) >= 11 is 0. The summed E-state index contributed by atoms with van der Waals surface area (Å²) < 4.78 is 0.313. The molecule has 2 unspecified atom stereocenters. The highest BCUT2D eigenvalue weighted by Crippen LogP contribution is 2.38. The lowest BCUT2D eigenvalue weighted by Gasteiger charge is -2.29. The summed E-state index contributed by atoms with van der Waals surface area (Å²) in [6.45, 7) is 2.31. The van der Waals surface area contributed by atoms with Gasteiger partial charge in [-0.1, -0.05) is 5.92 Å². The second-order valence-corrected chi connectivity index (χ2v) is 8.96. The minimum Gasteiger partial charge on any atom is -0.323 e. The van der Waals surface area contributed by atoms with E-state index in [1.165, 1.54) is 12.3 Å². The summed E-state index contributed by atoms with van der Waals surface area (Å²) in [6.07, 6.45) is 8.68. The van der Waals surface area contributed by atoms with Crippen molar-refractivity contribution < 1.29 is 14.1 Å². The number of rotatable bonds is 4. The molecule has 9 nitrogen and oxygen atoms in total. The number of hydrogen-bond donors (Lipinski definition) is 1. The number of hydrogen-bond acceptors (Lipinski definition) is 6. The van der Waals surface area contributed by atoms with Gasteiger partial charge in [0.25, 0.3) is 11.8 Å². The molecule has 37 heavy (non-hydrogen) atoms. The number of anilines is 1. The van der Waals surface area contributed by atoms with Crippen molar-refractivity contribution in [1.82, 2.24) is 9.88 Å². The molecule has 0 aliphatic carbocycles. The maximum Gasteiger partial charge on any atom is 0.299 e. The fourth-order valence-corrected chi connectivity index (χ4v) is 4.83. The first-order chi connectivity index (χ1) is 17.9. The largest absolute Gasteiger partial charge is 0.323 e. The van der Waals surface area contributed by atoms with Crippen molar-refractivity contribution in [2.75, 3.05) is 18.9 Å². The number of benzene rings is 1. The minimum absolute atomic E-state index is 0.169. The molecule has 9 heteroatoms. The van der Waals surface area contributed by atoms with Gasteiger partial charge in [-0.2, -0.15) is 10.3 Å². The van der Waals surface area contributed by atoms with E-state index in [1.54, 1.807) is 36.2 Å². The SMILES string of the molecule is CC#CC(=O)N1CCCC1C1=C2C=NC=C[N+]2(C)C(c2ccc(C(=O)Nc3cc(C#N)ccn3)cc2)=N1. The van der Waals surface area contributed by atoms with Crippen molar-refractivity contribution in [3.8, 4) is 17.9 Å². The maximum absolute atomic E-state index is 12.8. The molecule has 1 saturated heterocycles. The Kier molecular flexibility index (Phi) is 6.22. The van der Waals surface area contributed by atoms with Gasteiger partial charge in [0.1, 0.15) is 17.7 Å². The zero-order valence-electron chi connectivity index (χ0n) is 20.5. The normalized spacial score (nSPS) is 21.6. The van der Waals surface area contributed by atoms with E-state index in [1.807, 2.05) is 37.7 Å². The molecule has 1 aromatic carbocycles. The zero-order valence-corrected chi connectivity index (χ0v) is 20.5. The molecular weight excluding hydrogens is 466 g/mol. The number of carbonyl (C=O) groups is 2. The number of aromatic nitrogens is 1. The third kappa shape index (κ3) is 4.33. The Bertz CT molecular complexity index is 1520. The molecule has 5 rings (SSSR count). The second-order valence-electron chi connectivity index (χ2n) is 8.96. The molecule has 2 amide bonds. The average Bonchev–Trinajstić information content (AvgIpc) is 3.51. The van der Waals surface area contributed by atoms with E-state index in [0.29, 0.717) is 28.0 Å². The predicted octanol–water partition coefficient (Wildman–Crippen LogP) is 3.19. The molecule has 2 aromatic rings. The van der Waals surface area contributed by atoms with Crippen LogP contribution in [0.5, 0.6) is 0 Å². The van der Waals surface area contributed by atoms with Crippen molar-refractivity contribution >= 4 is 29.7 Å². The van der Waals surface area contributed by atoms with Crippen molar-refractivity contribution in [2.24, 2.45) is 9.98 Å². The molecule has 0 radical (unpaired) electrons. The van der Waals surface area contributed by atoms with E-state index in [4.69, 9.17) is 10.3 Å². The van der Waals surface area contributed by atoms with E-state index in [0.717, 1.165) is 35.6 Å². The Balaban J connectivity index is 1.43. The van der Waals surface area contributed by atoms with Crippen molar-refractivity contribution in [3.05, 3.63) is 83.1 Å². The van der Waals surface area contributed by atoms with E-state index in [9.17, 15) is 9.59 Å². The first-order valence-corrected chi connectivity index (χ1v) is 11.9. The summed E-state index contributed by atoms with van der Waals surface area (Å²) in [4.78, 5) is 40.7. The minimum atomic E-state index is -0.329. The van der Waals surface area contributed by atoms with Gasteiger partial charge in [-0.05, 0) is 62.1 Å². The number of allylic oxidation sites excluding steroid dienone is 1. The molecule has 0 spiro atoms. The van der Waals surface area contributed by atoms with Gasteiger partial charge in [0.2, 0.25) is 5.84 Å². The summed E-state index contributed by atoms with van der Waals surface area (Å²) in [5.41, 5.74) is 3.44. The summed E-state index contributed by atoms with van der Waals surface area (Å²) in [6, 6.07) is 12.1. The molecular formula is C28H24N7O2+. The van der Waals surface area contributed by atoms with Gasteiger partial charge < -0.3 is 10.2 Å². The molecule has 1 fully saturated rings. The lowest BCUT2D eigenvalue weighted by Crippen LogP contribution is -2.43. The highest BCUT2D eigenvalue weighted by molar-refractivity contribution is 6.05. The van der Waals surface area contributed by atoms with Crippen LogP contribution in [0.1, 0.15) is 41.3 Å². The second kappa shape index (κ2) is 9.65. The summed E-state index contributed by atoms with van der Waals surface area (Å²) in [5, 5.41) is 11.8. The van der Waals surface area contributed by atoms with Crippen molar-refractivity contribution in [3.63, 3.8) is 0 Å². The quantitative estimate of drug-likeness (QED) is 0.524. The Hall–Kier alpha value is -4.86. The van der Waals surface area contributed by atoms with Crippen LogP contribution in [0.2, 0.25) is 0 Å². The highest BCUT2D eigenvalue weighted by atomic mass is 16.2. The van der Waals surface area contributed by atoms with Gasteiger partial charge in [-0.3, -0.25) is 14.6 Å². The maximum atomic E-state index is 12.8. The van der Waals surface area contributed by atoms with Crippen LogP contribution in [-0.2, 0) is 4.79 Å². The van der Waals surface area contributed by atoms with Gasteiger partial charge in [0.15, 0.2) is 5.70 Å². The van der Waals surface area contributed by atoms with Crippen LogP contribution in [0, 0.1) is 23.2 Å². The van der Waals surface area contributed by atoms with E-state index in [-0.39, 0.29) is 17.9 Å². The van der Waals surface area contributed by atoms with E-state index < -0.39 is 0 Å². The van der Waals surface area contributed by atoms with Gasteiger partial charge in [0, 0.05) is 18.3 Å². The molecule has 2 atom stereocenters. The number of fused-ring (bicyclic) bond motifs is 1. The first kappa shape index (κ1) is 23.9. The number of quaternary nitrogens is 1. The van der Waals surface area contributed by atoms with Crippen molar-refractivity contribution in [2.45, 2.75) is 25.8 Å². The van der Waals surface area contributed by atoms with Crippen LogP contribution in [0.4, 0.5) is 5.82 Å². The molecule has 3 aliphatic heterocycles. The van der Waals surface area contributed by atoms with E-state index in [2.05, 4.69) is 27.1 Å². The lowest BCUT2D eigenvalue weighted by molar-refractivity contribution is -0.713. The third-order valence-corrected chi connectivity index (χ3v) is 6.67. The highest BCUT2D eigenvalue weighted by Gasteiger charge is 2.46. The number of pyridine rings is 1. The Morgan fingerprint density at radius 2 is 2.03 bits per heavy atom. The molecule has 0 saturated carbocycles. The first-order valence-electron chi connectivity index (χ1n) is 11.9. The molecule has 0 bridgehead atoms. The summed E-state index contributed by atoms with van der Waals surface area (Å²) in [5.74, 6) is 5.94. The Morgan fingerprint density at radius 1 is 1.22 bits per heavy atom. The van der Waals surface area contributed by atoms with Gasteiger partial charge in [0.05, 0.1) is 42.7 Å². The fraction of sp³-hybridized carbons (Fsp3) is 0.214. The van der Waals surface area contributed by atoms with Crippen LogP contribution in [0.25, 0.3) is 0 Å². The van der Waals surface area contributed by atoms with Crippen LogP contribution >= 0.6 is 0 Å². The number of nitriles is 1. The van der Waals surface area contributed by atoms with Crippen LogP contribution in [0.15, 0.2) is 76.4 Å². The Morgan fingerprint density at radius 3 is 2.78 bits per heavy atom.